The first-order chi connectivity index (χ1) is 17.8. The van der Waals surface area contributed by atoms with Gasteiger partial charge in [0.25, 0.3) is 0 Å². The van der Waals surface area contributed by atoms with Crippen molar-refractivity contribution in [3.8, 4) is 0 Å². The number of rotatable bonds is 7. The lowest BCUT2D eigenvalue weighted by molar-refractivity contribution is -0.155. The van der Waals surface area contributed by atoms with Gasteiger partial charge >= 0.3 is 24.1 Å². The van der Waals surface area contributed by atoms with Gasteiger partial charge in [-0.25, -0.2) is 14.4 Å². The number of carbonyl (C=O) groups is 4. The predicted octanol–water partition coefficient (Wildman–Crippen LogP) is 4.44. The van der Waals surface area contributed by atoms with Gasteiger partial charge in [-0.2, -0.15) is 0 Å². The highest BCUT2D eigenvalue weighted by Gasteiger charge is 2.84. The van der Waals surface area contributed by atoms with E-state index in [1.807, 2.05) is 36.4 Å². The molecule has 2 aliphatic carbocycles. The summed E-state index contributed by atoms with van der Waals surface area (Å²) in [6, 6.07) is 11.6. The highest BCUT2D eigenvalue weighted by molar-refractivity contribution is 6.02. The zero-order valence-electron chi connectivity index (χ0n) is 22.2. The second-order valence-electron chi connectivity index (χ2n) is 11.2. The van der Waals surface area contributed by atoms with Crippen molar-refractivity contribution in [2.24, 2.45) is 23.2 Å². The van der Waals surface area contributed by atoms with E-state index in [1.54, 1.807) is 40.7 Å². The van der Waals surface area contributed by atoms with Crippen LogP contribution in [0.5, 0.6) is 0 Å². The number of anilines is 1. The van der Waals surface area contributed by atoms with Crippen LogP contribution in [0.2, 0.25) is 0 Å². The first-order valence-corrected chi connectivity index (χ1v) is 12.9. The third kappa shape index (κ3) is 4.21. The molecule has 5 N–H and O–H groups in total. The van der Waals surface area contributed by atoms with E-state index in [9.17, 15) is 29.4 Å². The smallest absolute Gasteiger partial charge is 0.408 e. The minimum absolute atomic E-state index is 0.268. The molecule has 0 saturated heterocycles. The molecule has 2 saturated carbocycles. The Morgan fingerprint density at radius 2 is 1.61 bits per heavy atom. The molecule has 2 aromatic carbocycles. The van der Waals surface area contributed by atoms with E-state index in [2.05, 4.69) is 16.0 Å². The van der Waals surface area contributed by atoms with Crippen LogP contribution < -0.4 is 16.0 Å². The molecule has 0 aliphatic heterocycles. The minimum Gasteiger partial charge on any atom is -0.481 e. The maximum Gasteiger partial charge on any atom is 0.408 e. The van der Waals surface area contributed by atoms with E-state index in [0.717, 1.165) is 10.8 Å². The fraction of sp³-hybridized carbons (Fsp3) is 0.500. The van der Waals surface area contributed by atoms with E-state index >= 15 is 0 Å². The fourth-order valence-corrected chi connectivity index (χ4v) is 6.77. The topological polar surface area (TPSA) is 154 Å². The molecule has 0 spiro atoms. The van der Waals surface area contributed by atoms with Gasteiger partial charge in [0.2, 0.25) is 0 Å². The number of amides is 3. The number of fused-ring (bicyclic) bond motifs is 2. The molecule has 2 aliphatic rings. The lowest BCUT2D eigenvalue weighted by Gasteiger charge is -2.48. The van der Waals surface area contributed by atoms with Crippen molar-refractivity contribution in [3.63, 3.8) is 0 Å². The van der Waals surface area contributed by atoms with E-state index in [1.165, 1.54) is 0 Å². The molecule has 3 amide bonds. The molecule has 10 heteroatoms. The highest BCUT2D eigenvalue weighted by atomic mass is 16.6. The maximum atomic E-state index is 13.3. The summed E-state index contributed by atoms with van der Waals surface area (Å²) in [5.41, 5.74) is -3.46. The molecule has 0 aromatic heterocycles. The molecule has 2 aromatic rings. The molecule has 38 heavy (non-hydrogen) atoms. The van der Waals surface area contributed by atoms with E-state index in [4.69, 9.17) is 4.74 Å². The van der Waals surface area contributed by atoms with Gasteiger partial charge < -0.3 is 30.9 Å². The number of urea groups is 1. The van der Waals surface area contributed by atoms with E-state index in [-0.39, 0.29) is 12.8 Å². The summed E-state index contributed by atoms with van der Waals surface area (Å²) in [6.45, 7) is 8.54. The Balaban J connectivity index is 1.72. The second-order valence-corrected chi connectivity index (χ2v) is 11.2. The highest BCUT2D eigenvalue weighted by Crippen LogP contribution is 2.71. The average Bonchev–Trinajstić information content (AvgIpc) is 3.53. The number of benzene rings is 2. The van der Waals surface area contributed by atoms with Crippen LogP contribution >= 0.6 is 0 Å². The quantitative estimate of drug-likeness (QED) is 0.358. The van der Waals surface area contributed by atoms with Gasteiger partial charge in [0.1, 0.15) is 5.60 Å². The number of carboxylic acid groups (broad SMARTS) is 2. The van der Waals surface area contributed by atoms with Crippen LogP contribution in [0.25, 0.3) is 10.8 Å². The van der Waals surface area contributed by atoms with E-state index < -0.39 is 64.4 Å². The van der Waals surface area contributed by atoms with Crippen molar-refractivity contribution in [3.05, 3.63) is 42.5 Å². The Hall–Kier alpha value is -3.82. The van der Waals surface area contributed by atoms with Crippen LogP contribution in [0.3, 0.4) is 0 Å². The Labute approximate surface area is 221 Å². The van der Waals surface area contributed by atoms with Crippen molar-refractivity contribution in [2.75, 3.05) is 5.32 Å². The molecule has 0 bridgehead atoms. The second kappa shape index (κ2) is 9.49. The Bertz CT molecular complexity index is 1280. The maximum absolute atomic E-state index is 13.3. The van der Waals surface area contributed by atoms with Gasteiger partial charge in [-0.3, -0.25) is 4.79 Å². The third-order valence-corrected chi connectivity index (χ3v) is 8.25. The standard InChI is InChI=1S/C28H35N3O7/c1-6-27(7-2)21(30-24(36)29-17-14-10-12-15-11-8-9-13-16(15)17)18-19(22(32)33)20(18)28(27,23(34)35)31-25(37)38-26(3,4)5/h8-14,18-21H,6-7H2,1-5H3,(H,31,37)(H,32,33)(H,34,35)(H2,29,30,36). The summed E-state index contributed by atoms with van der Waals surface area (Å²) in [6.07, 6.45) is -0.407. The summed E-state index contributed by atoms with van der Waals surface area (Å²) >= 11 is 0. The Morgan fingerprint density at radius 3 is 2.18 bits per heavy atom. The number of carboxylic acids is 2. The molecular weight excluding hydrogens is 490 g/mol. The molecule has 0 radical (unpaired) electrons. The van der Waals surface area contributed by atoms with Crippen molar-refractivity contribution >= 4 is 40.5 Å². The van der Waals surface area contributed by atoms with Crippen molar-refractivity contribution in [1.29, 1.82) is 0 Å². The number of ether oxygens (including phenoxy) is 1. The van der Waals surface area contributed by atoms with Crippen molar-refractivity contribution < 1.29 is 34.1 Å². The summed E-state index contributed by atoms with van der Waals surface area (Å²) in [4.78, 5) is 51.5. The molecule has 5 unspecified atom stereocenters. The predicted molar refractivity (Wildman–Crippen MR) is 141 cm³/mol. The van der Waals surface area contributed by atoms with Crippen molar-refractivity contribution in [2.45, 2.75) is 64.6 Å². The Kier molecular flexibility index (Phi) is 6.80. The van der Waals surface area contributed by atoms with Crippen molar-refractivity contribution in [1.82, 2.24) is 10.6 Å². The molecular formula is C28H35N3O7. The first-order valence-electron chi connectivity index (χ1n) is 12.9. The minimum atomic E-state index is -1.95. The molecule has 10 nitrogen and oxygen atoms in total. The molecule has 0 heterocycles. The molecule has 4 rings (SSSR count). The summed E-state index contributed by atoms with van der Waals surface area (Å²) < 4.78 is 5.40. The van der Waals surface area contributed by atoms with Gasteiger partial charge in [0.05, 0.1) is 11.6 Å². The van der Waals surface area contributed by atoms with Gasteiger partial charge in [-0.05, 0) is 51.0 Å². The van der Waals surface area contributed by atoms with Crippen LogP contribution in [0.4, 0.5) is 15.3 Å². The van der Waals surface area contributed by atoms with Crippen LogP contribution in [-0.4, -0.2) is 51.5 Å². The lowest BCUT2D eigenvalue weighted by Crippen LogP contribution is -2.69. The van der Waals surface area contributed by atoms with Crippen LogP contribution in [0.1, 0.15) is 47.5 Å². The zero-order valence-corrected chi connectivity index (χ0v) is 22.2. The number of nitrogens with one attached hydrogen (secondary N) is 3. The molecule has 2 fully saturated rings. The average molecular weight is 526 g/mol. The SMILES string of the molecule is CCC1(CC)C(NC(=O)Nc2cccc3ccccc23)C2C(C(=O)O)C2C1(NC(=O)OC(C)(C)C)C(=O)O. The zero-order chi connectivity index (χ0) is 28.0. The normalized spacial score (nSPS) is 27.2. The molecule has 204 valence electrons. The monoisotopic (exact) mass is 525 g/mol. The summed E-state index contributed by atoms with van der Waals surface area (Å²) in [5.74, 6) is -5.16. The summed E-state index contributed by atoms with van der Waals surface area (Å²) in [7, 11) is 0. The largest absolute Gasteiger partial charge is 0.481 e. The van der Waals surface area contributed by atoms with Gasteiger partial charge in [0.15, 0.2) is 5.54 Å². The Morgan fingerprint density at radius 1 is 0.974 bits per heavy atom. The van der Waals surface area contributed by atoms with Crippen LogP contribution in [0, 0.1) is 23.2 Å². The number of hydrogen-bond donors (Lipinski definition) is 5. The fourth-order valence-electron chi connectivity index (χ4n) is 6.77. The van der Waals surface area contributed by atoms with Gasteiger partial charge in [-0.1, -0.05) is 50.2 Å². The number of alkyl carbamates (subject to hydrolysis) is 1. The summed E-state index contributed by atoms with van der Waals surface area (Å²) in [5, 5.41) is 30.7. The number of aliphatic carboxylic acids is 2. The first kappa shape index (κ1) is 27.2. The van der Waals surface area contributed by atoms with Gasteiger partial charge in [0, 0.05) is 22.8 Å². The van der Waals surface area contributed by atoms with E-state index in [0.29, 0.717) is 5.69 Å². The van der Waals surface area contributed by atoms with Crippen LogP contribution in [-0.2, 0) is 14.3 Å². The number of carbonyl (C=O) groups excluding carboxylic acids is 2. The lowest BCUT2D eigenvalue weighted by atomic mass is 9.62. The van der Waals surface area contributed by atoms with Crippen LogP contribution in [0.15, 0.2) is 42.5 Å². The van der Waals surface area contributed by atoms with Gasteiger partial charge in [-0.15, -0.1) is 0 Å². The molecule has 5 atom stereocenters. The third-order valence-electron chi connectivity index (χ3n) is 8.25. The number of hydrogen-bond acceptors (Lipinski definition) is 5.